The summed E-state index contributed by atoms with van der Waals surface area (Å²) in [5, 5.41) is 21.0. The molecule has 0 fully saturated rings. The van der Waals surface area contributed by atoms with Crippen molar-refractivity contribution in [1.82, 2.24) is 0 Å². The van der Waals surface area contributed by atoms with Crippen LogP contribution in [0, 0.1) is 17.7 Å². The van der Waals surface area contributed by atoms with E-state index in [0.29, 0.717) is 5.56 Å². The van der Waals surface area contributed by atoms with E-state index in [4.69, 9.17) is 15.9 Å². The minimum atomic E-state index is -0.826. The van der Waals surface area contributed by atoms with Gasteiger partial charge in [0.2, 0.25) is 0 Å². The maximum Gasteiger partial charge on any atom is 0.335 e. The molecule has 0 radical (unpaired) electrons. The predicted molar refractivity (Wildman–Crippen MR) is 60.3 cm³/mol. The lowest BCUT2D eigenvalue weighted by molar-refractivity contribution is 0.0695. The summed E-state index contributed by atoms with van der Waals surface area (Å²) in [6, 6.07) is 3.63. The molecule has 4 nitrogen and oxygen atoms in total. The molecule has 0 heterocycles. The number of hydrogen-bond acceptors (Lipinski definition) is 3. The van der Waals surface area contributed by atoms with Crippen LogP contribution in [0.15, 0.2) is 12.1 Å². The van der Waals surface area contributed by atoms with Crippen LogP contribution in [0.4, 0.5) is 0 Å². The molecule has 1 N–H and O–H groups in total. The van der Waals surface area contributed by atoms with Gasteiger partial charge in [-0.2, -0.15) is 0 Å². The van der Waals surface area contributed by atoms with Crippen molar-refractivity contribution in [3.8, 4) is 0 Å². The fourth-order valence-electron chi connectivity index (χ4n) is 1.84. The summed E-state index contributed by atoms with van der Waals surface area (Å²) in [6.45, 7) is 6.08. The van der Waals surface area contributed by atoms with E-state index in [-0.39, 0.29) is 0 Å². The van der Waals surface area contributed by atoms with Gasteiger partial charge in [-0.15, -0.1) is 0 Å². The van der Waals surface area contributed by atoms with Gasteiger partial charge >= 0.3 is 5.97 Å². The Hall–Kier alpha value is -1.89. The highest BCUT2D eigenvalue weighted by Gasteiger charge is 2.12. The van der Waals surface area contributed by atoms with Crippen molar-refractivity contribution >= 4 is 5.97 Å². The van der Waals surface area contributed by atoms with Crippen LogP contribution in [0.3, 0.4) is 0 Å². The van der Waals surface area contributed by atoms with Crippen LogP contribution in [-0.4, -0.2) is 11.1 Å². The molecule has 4 heteroatoms. The molecule has 0 aromatic heterocycles. The summed E-state index contributed by atoms with van der Waals surface area (Å²) < 4.78 is 0. The topological polar surface area (TPSA) is 84.9 Å². The molecule has 0 saturated carbocycles. The van der Waals surface area contributed by atoms with Crippen molar-refractivity contribution in [2.24, 2.45) is 0 Å². The molecule has 1 aromatic carbocycles. The van der Waals surface area contributed by atoms with Crippen LogP contribution in [-0.2, 0) is 12.8 Å². The summed E-state index contributed by atoms with van der Waals surface area (Å²) in [5.74, 6) is -0.826. The van der Waals surface area contributed by atoms with Crippen molar-refractivity contribution in [2.75, 3.05) is 0 Å². The average Bonchev–Trinajstić information content (AvgIpc) is 2.31. The van der Waals surface area contributed by atoms with Crippen LogP contribution in [0.2, 0.25) is 0 Å². The third kappa shape index (κ3) is 2.80. The number of rotatable bonds is 3. The van der Waals surface area contributed by atoms with Gasteiger partial charge in [-0.1, -0.05) is 19.9 Å². The van der Waals surface area contributed by atoms with E-state index < -0.39 is 5.97 Å². The molecule has 0 aliphatic carbocycles. The first kappa shape index (κ1) is 14.1. The standard InChI is InChI=1S/C12H16O2.N2/c1-4-9-6-7-11(12(13)14)10(5-2)8(9)3;1-2/h6-7H,4-5H2,1-3H3,(H,13,14);. The molecule has 1 rings (SSSR count). The number of hydrogen-bond donors (Lipinski definition) is 1. The molecule has 0 atom stereocenters. The fourth-order valence-corrected chi connectivity index (χ4v) is 1.84. The van der Waals surface area contributed by atoms with E-state index in [0.717, 1.165) is 24.0 Å². The highest BCUT2D eigenvalue weighted by molar-refractivity contribution is 5.90. The van der Waals surface area contributed by atoms with Gasteiger partial charge in [0.05, 0.1) is 5.56 Å². The number of aryl methyl sites for hydroxylation is 1. The summed E-state index contributed by atoms with van der Waals surface area (Å²) in [7, 11) is 0. The van der Waals surface area contributed by atoms with Crippen LogP contribution in [0.5, 0.6) is 0 Å². The molecule has 0 bridgehead atoms. The van der Waals surface area contributed by atoms with Crippen molar-refractivity contribution in [2.45, 2.75) is 33.6 Å². The number of carboxylic acid groups (broad SMARTS) is 1. The molecule has 0 saturated heterocycles. The molecule has 0 spiro atoms. The van der Waals surface area contributed by atoms with Crippen LogP contribution in [0.25, 0.3) is 0 Å². The highest BCUT2D eigenvalue weighted by atomic mass is 16.4. The zero-order valence-corrected chi connectivity index (χ0v) is 9.82. The maximum absolute atomic E-state index is 10.9. The Balaban J connectivity index is 0.00000106. The van der Waals surface area contributed by atoms with Gasteiger partial charge in [0.15, 0.2) is 0 Å². The van der Waals surface area contributed by atoms with Crippen molar-refractivity contribution in [3.05, 3.63) is 34.4 Å². The smallest absolute Gasteiger partial charge is 0.335 e. The maximum atomic E-state index is 10.9. The number of carboxylic acids is 1. The average molecular weight is 220 g/mol. The number of benzene rings is 1. The van der Waals surface area contributed by atoms with Crippen molar-refractivity contribution in [3.63, 3.8) is 0 Å². The lowest BCUT2D eigenvalue weighted by atomic mass is 9.94. The van der Waals surface area contributed by atoms with Crippen molar-refractivity contribution in [1.29, 1.82) is 10.8 Å². The molecule has 1 aromatic rings. The van der Waals surface area contributed by atoms with Crippen LogP contribution in [0.1, 0.15) is 40.9 Å². The molecule has 86 valence electrons. The van der Waals surface area contributed by atoms with Gasteiger partial charge in [-0.05, 0) is 42.5 Å². The molecule has 0 aliphatic rings. The van der Waals surface area contributed by atoms with Gasteiger partial charge in [-0.3, -0.25) is 0 Å². The Morgan fingerprint density at radius 3 is 2.19 bits per heavy atom. The Bertz CT molecular complexity index is 397. The van der Waals surface area contributed by atoms with E-state index >= 15 is 0 Å². The minimum Gasteiger partial charge on any atom is -0.478 e. The second-order valence-electron chi connectivity index (χ2n) is 3.39. The van der Waals surface area contributed by atoms with E-state index in [2.05, 4.69) is 6.92 Å². The second kappa shape index (κ2) is 6.57. The van der Waals surface area contributed by atoms with E-state index in [1.165, 1.54) is 5.56 Å². The van der Waals surface area contributed by atoms with Crippen LogP contribution >= 0.6 is 0 Å². The molecule has 0 aliphatic heterocycles. The summed E-state index contributed by atoms with van der Waals surface area (Å²) >= 11 is 0. The minimum absolute atomic E-state index is 0.446. The normalized spacial score (nSPS) is 9.06. The quantitative estimate of drug-likeness (QED) is 0.793. The first-order chi connectivity index (χ1) is 7.61. The van der Waals surface area contributed by atoms with Gasteiger partial charge in [-0.25, -0.2) is 4.79 Å². The molecule has 16 heavy (non-hydrogen) atoms. The lowest BCUT2D eigenvalue weighted by Gasteiger charge is -2.11. The Kier molecular flexibility index (Phi) is 5.79. The number of aromatic carboxylic acids is 1. The van der Waals surface area contributed by atoms with Crippen LogP contribution < -0.4 is 0 Å². The van der Waals surface area contributed by atoms with Gasteiger partial charge in [0.25, 0.3) is 0 Å². The van der Waals surface area contributed by atoms with Gasteiger partial charge in [0, 0.05) is 10.8 Å². The molecule has 0 amide bonds. The largest absolute Gasteiger partial charge is 0.478 e. The highest BCUT2D eigenvalue weighted by Crippen LogP contribution is 2.19. The Morgan fingerprint density at radius 1 is 1.25 bits per heavy atom. The van der Waals surface area contributed by atoms with Gasteiger partial charge in [0.1, 0.15) is 0 Å². The Morgan fingerprint density at radius 2 is 1.81 bits per heavy atom. The summed E-state index contributed by atoms with van der Waals surface area (Å²) in [5.41, 5.74) is 3.79. The SMILES string of the molecule is CCc1ccc(C(=O)O)c(CC)c1C.N#N. The zero-order valence-electron chi connectivity index (χ0n) is 9.82. The first-order valence-electron chi connectivity index (χ1n) is 5.16. The third-order valence-corrected chi connectivity index (χ3v) is 2.68. The zero-order chi connectivity index (χ0) is 12.7. The number of nitrogens with zero attached hydrogens (tertiary/aromatic N) is 2. The molecule has 0 unspecified atom stereocenters. The van der Waals surface area contributed by atoms with E-state index in [9.17, 15) is 4.79 Å². The van der Waals surface area contributed by atoms with E-state index in [1.54, 1.807) is 6.07 Å². The number of carbonyl (C=O) groups is 1. The monoisotopic (exact) mass is 220 g/mol. The molecular weight excluding hydrogens is 204 g/mol. The molecular formula is C12H16N2O2. The second-order valence-corrected chi connectivity index (χ2v) is 3.39. The predicted octanol–water partition coefficient (Wildman–Crippen LogP) is 2.85. The van der Waals surface area contributed by atoms with Crippen molar-refractivity contribution < 1.29 is 9.90 Å². The first-order valence-corrected chi connectivity index (χ1v) is 5.16. The third-order valence-electron chi connectivity index (χ3n) is 2.68. The van der Waals surface area contributed by atoms with Gasteiger partial charge < -0.3 is 5.11 Å². The van der Waals surface area contributed by atoms with E-state index in [1.807, 2.05) is 19.9 Å². The summed E-state index contributed by atoms with van der Waals surface area (Å²) in [4.78, 5) is 10.9. The lowest BCUT2D eigenvalue weighted by Crippen LogP contribution is -2.05. The Labute approximate surface area is 95.3 Å². The summed E-state index contributed by atoms with van der Waals surface area (Å²) in [6.07, 6.45) is 1.74. The fraction of sp³-hybridized carbons (Fsp3) is 0.417.